The number of amides is 2. The average Bonchev–Trinajstić information content (AvgIpc) is 3.51. The fourth-order valence-electron chi connectivity index (χ4n) is 4.35. The zero-order chi connectivity index (χ0) is 26.4. The lowest BCUT2D eigenvalue weighted by molar-refractivity contribution is 0.0785. The van der Waals surface area contributed by atoms with Crippen LogP contribution in [0.15, 0.2) is 66.0 Å². The van der Waals surface area contributed by atoms with Crippen molar-refractivity contribution in [1.29, 1.82) is 0 Å². The molecule has 37 heavy (non-hydrogen) atoms. The standard InChI is InChI=1S/C27H33FN4O4S/c1-20(2)30-26(33)31(18-25-9-6-14-36-25)17-24-15-29-27(32(24)16-21-7-4-3-5-8-21)37(34,35)19-22-10-12-23(28)13-11-22/h3-5,7-8,10-13,15,20,25H,6,9,14,16-19H2,1-2H3,(H,30,33)/t25-/m0/s1. The molecule has 0 aliphatic carbocycles. The van der Waals surface area contributed by atoms with E-state index in [9.17, 15) is 17.6 Å². The number of aromatic nitrogens is 2. The van der Waals surface area contributed by atoms with Crippen LogP contribution >= 0.6 is 0 Å². The number of hydrogen-bond acceptors (Lipinski definition) is 5. The van der Waals surface area contributed by atoms with Crippen molar-refractivity contribution in [2.24, 2.45) is 0 Å². The monoisotopic (exact) mass is 528 g/mol. The highest BCUT2D eigenvalue weighted by Crippen LogP contribution is 2.22. The smallest absolute Gasteiger partial charge is 0.318 e. The summed E-state index contributed by atoms with van der Waals surface area (Å²) in [6.07, 6.45) is 3.27. The number of urea groups is 1. The predicted octanol–water partition coefficient (Wildman–Crippen LogP) is 4.14. The molecule has 10 heteroatoms. The molecule has 0 saturated carbocycles. The Kier molecular flexibility index (Phi) is 8.60. The first-order valence-electron chi connectivity index (χ1n) is 12.4. The number of nitrogens with zero attached hydrogens (tertiary/aromatic N) is 3. The summed E-state index contributed by atoms with van der Waals surface area (Å²) >= 11 is 0. The Bertz CT molecular complexity index is 1290. The third-order valence-corrected chi connectivity index (χ3v) is 7.73. The number of nitrogens with one attached hydrogen (secondary N) is 1. The second kappa shape index (κ2) is 11.9. The highest BCUT2D eigenvalue weighted by molar-refractivity contribution is 7.90. The van der Waals surface area contributed by atoms with Crippen LogP contribution in [0.5, 0.6) is 0 Å². The first-order valence-corrected chi connectivity index (χ1v) is 14.1. The van der Waals surface area contributed by atoms with E-state index in [1.807, 2.05) is 44.2 Å². The summed E-state index contributed by atoms with van der Waals surface area (Å²) in [5, 5.41) is 2.85. The van der Waals surface area contributed by atoms with Gasteiger partial charge in [-0.2, -0.15) is 0 Å². The summed E-state index contributed by atoms with van der Waals surface area (Å²) in [6, 6.07) is 14.6. The van der Waals surface area contributed by atoms with Gasteiger partial charge < -0.3 is 19.5 Å². The molecule has 1 atom stereocenters. The van der Waals surface area contributed by atoms with Gasteiger partial charge in [-0.25, -0.2) is 22.6 Å². The molecule has 0 bridgehead atoms. The van der Waals surface area contributed by atoms with Crippen molar-refractivity contribution >= 4 is 15.9 Å². The Morgan fingerprint density at radius 2 is 1.89 bits per heavy atom. The van der Waals surface area contributed by atoms with Crippen molar-refractivity contribution in [2.75, 3.05) is 13.2 Å². The molecule has 2 amide bonds. The van der Waals surface area contributed by atoms with Gasteiger partial charge in [-0.15, -0.1) is 0 Å². The van der Waals surface area contributed by atoms with Gasteiger partial charge in [0.25, 0.3) is 0 Å². The van der Waals surface area contributed by atoms with Crippen molar-refractivity contribution in [3.8, 4) is 0 Å². The lowest BCUT2D eigenvalue weighted by Gasteiger charge is -2.27. The van der Waals surface area contributed by atoms with Crippen molar-refractivity contribution < 1.29 is 22.3 Å². The summed E-state index contributed by atoms with van der Waals surface area (Å²) in [5.41, 5.74) is 1.96. The molecule has 1 aliphatic heterocycles. The molecule has 1 aromatic heterocycles. The number of hydrogen-bond donors (Lipinski definition) is 1. The number of ether oxygens (including phenoxy) is 1. The number of benzene rings is 2. The molecule has 2 aromatic carbocycles. The molecule has 0 spiro atoms. The Labute approximate surface area is 217 Å². The van der Waals surface area contributed by atoms with E-state index in [1.54, 1.807) is 9.47 Å². The number of carbonyl (C=O) groups is 1. The van der Waals surface area contributed by atoms with Crippen LogP contribution in [0.2, 0.25) is 0 Å². The van der Waals surface area contributed by atoms with E-state index in [0.717, 1.165) is 18.4 Å². The van der Waals surface area contributed by atoms with Gasteiger partial charge in [0, 0.05) is 19.2 Å². The number of halogens is 1. The Morgan fingerprint density at radius 3 is 2.54 bits per heavy atom. The van der Waals surface area contributed by atoms with Gasteiger partial charge in [-0.1, -0.05) is 42.5 Å². The lowest BCUT2D eigenvalue weighted by atomic mass is 10.2. The second-order valence-corrected chi connectivity index (χ2v) is 11.5. The van der Waals surface area contributed by atoms with Gasteiger partial charge in [0.15, 0.2) is 0 Å². The van der Waals surface area contributed by atoms with E-state index in [0.29, 0.717) is 24.4 Å². The minimum atomic E-state index is -3.87. The highest BCUT2D eigenvalue weighted by atomic mass is 32.2. The topological polar surface area (TPSA) is 93.5 Å². The zero-order valence-corrected chi connectivity index (χ0v) is 22.0. The van der Waals surface area contributed by atoms with Crippen LogP contribution in [0.1, 0.15) is 43.5 Å². The molecule has 4 rings (SSSR count). The minimum Gasteiger partial charge on any atom is -0.376 e. The first kappa shape index (κ1) is 26.8. The summed E-state index contributed by atoms with van der Waals surface area (Å²) < 4.78 is 47.7. The Hall–Kier alpha value is -3.24. The van der Waals surface area contributed by atoms with E-state index >= 15 is 0 Å². The summed E-state index contributed by atoms with van der Waals surface area (Å²) in [6.45, 7) is 5.29. The van der Waals surface area contributed by atoms with E-state index < -0.39 is 15.7 Å². The van der Waals surface area contributed by atoms with Gasteiger partial charge >= 0.3 is 6.03 Å². The quantitative estimate of drug-likeness (QED) is 0.427. The van der Waals surface area contributed by atoms with Crippen LogP contribution in [0, 0.1) is 5.82 Å². The van der Waals surface area contributed by atoms with Crippen LogP contribution in [-0.2, 0) is 33.4 Å². The second-order valence-electron chi connectivity index (χ2n) is 9.61. The molecule has 1 aliphatic rings. The molecular formula is C27H33FN4O4S. The summed E-state index contributed by atoms with van der Waals surface area (Å²) in [4.78, 5) is 19.0. The van der Waals surface area contributed by atoms with Crippen LogP contribution < -0.4 is 5.32 Å². The van der Waals surface area contributed by atoms with Crippen molar-refractivity contribution in [3.63, 3.8) is 0 Å². The minimum absolute atomic E-state index is 0.0552. The van der Waals surface area contributed by atoms with Crippen LogP contribution in [-0.4, -0.2) is 54.2 Å². The third-order valence-electron chi connectivity index (χ3n) is 6.13. The van der Waals surface area contributed by atoms with E-state index in [1.165, 1.54) is 30.5 Å². The van der Waals surface area contributed by atoms with Crippen LogP contribution in [0.25, 0.3) is 0 Å². The van der Waals surface area contributed by atoms with E-state index in [-0.39, 0.29) is 42.2 Å². The fraction of sp³-hybridized carbons (Fsp3) is 0.407. The maximum atomic E-state index is 13.5. The molecule has 1 N–H and O–H groups in total. The molecule has 1 fully saturated rings. The van der Waals surface area contributed by atoms with Crippen LogP contribution in [0.3, 0.4) is 0 Å². The highest BCUT2D eigenvalue weighted by Gasteiger charge is 2.28. The molecule has 2 heterocycles. The van der Waals surface area contributed by atoms with Crippen molar-refractivity contribution in [2.45, 2.75) is 62.8 Å². The molecule has 3 aromatic rings. The largest absolute Gasteiger partial charge is 0.376 e. The van der Waals surface area contributed by atoms with Gasteiger partial charge in [0.2, 0.25) is 15.0 Å². The number of rotatable bonds is 10. The van der Waals surface area contributed by atoms with E-state index in [2.05, 4.69) is 10.3 Å². The lowest BCUT2D eigenvalue weighted by Crippen LogP contribution is -2.45. The fourth-order valence-corrected chi connectivity index (χ4v) is 5.84. The molecule has 0 unspecified atom stereocenters. The van der Waals surface area contributed by atoms with E-state index in [4.69, 9.17) is 4.74 Å². The Balaban J connectivity index is 1.67. The molecule has 0 radical (unpaired) electrons. The van der Waals surface area contributed by atoms with Gasteiger partial charge in [0.05, 0.1) is 36.8 Å². The molecule has 8 nitrogen and oxygen atoms in total. The van der Waals surface area contributed by atoms with Crippen molar-refractivity contribution in [1.82, 2.24) is 19.8 Å². The van der Waals surface area contributed by atoms with Crippen molar-refractivity contribution in [3.05, 3.63) is 83.4 Å². The molecule has 198 valence electrons. The van der Waals surface area contributed by atoms with Gasteiger partial charge in [-0.3, -0.25) is 0 Å². The maximum absolute atomic E-state index is 13.5. The third kappa shape index (κ3) is 7.17. The average molecular weight is 529 g/mol. The van der Waals surface area contributed by atoms with Gasteiger partial charge in [0.1, 0.15) is 5.82 Å². The first-order chi connectivity index (χ1) is 17.7. The molecular weight excluding hydrogens is 495 g/mol. The summed E-state index contributed by atoms with van der Waals surface area (Å²) in [5.74, 6) is -0.744. The SMILES string of the molecule is CC(C)NC(=O)N(Cc1cnc(S(=O)(=O)Cc2ccc(F)cc2)n1Cc1ccccc1)C[C@@H]1CCCO1. The predicted molar refractivity (Wildman–Crippen MR) is 138 cm³/mol. The summed E-state index contributed by atoms with van der Waals surface area (Å²) in [7, 11) is -3.87. The molecule has 1 saturated heterocycles. The zero-order valence-electron chi connectivity index (χ0n) is 21.1. The number of sulfone groups is 1. The van der Waals surface area contributed by atoms with Gasteiger partial charge in [-0.05, 0) is 49.9 Å². The van der Waals surface area contributed by atoms with Crippen LogP contribution in [0.4, 0.5) is 9.18 Å². The maximum Gasteiger partial charge on any atom is 0.318 e. The normalized spacial score (nSPS) is 15.7. The number of imidazole rings is 1. The number of carbonyl (C=O) groups excluding carboxylic acids is 1. The Morgan fingerprint density at radius 1 is 1.16 bits per heavy atom.